The van der Waals surface area contributed by atoms with Gasteiger partial charge in [-0.3, -0.25) is 14.9 Å². The number of amides is 1. The highest BCUT2D eigenvalue weighted by atomic mass is 16.6. The van der Waals surface area contributed by atoms with E-state index in [0.29, 0.717) is 5.56 Å². The molecule has 2 aromatic rings. The molecule has 2 aromatic carbocycles. The lowest BCUT2D eigenvalue weighted by atomic mass is 10.1. The second kappa shape index (κ2) is 7.61. The van der Waals surface area contributed by atoms with E-state index in [0.717, 1.165) is 0 Å². The number of aromatic hydroxyl groups is 1. The number of nitro groups is 1. The number of non-ortho nitro benzene ring substituents is 1. The van der Waals surface area contributed by atoms with Gasteiger partial charge in [0, 0.05) is 17.8 Å². The van der Waals surface area contributed by atoms with E-state index in [-0.39, 0.29) is 28.4 Å². The molecule has 0 saturated heterocycles. The maximum absolute atomic E-state index is 12.2. The zero-order chi connectivity index (χ0) is 18.4. The lowest BCUT2D eigenvalue weighted by Crippen LogP contribution is -2.13. The van der Waals surface area contributed by atoms with E-state index in [1.807, 2.05) is 0 Å². The predicted octanol–water partition coefficient (Wildman–Crippen LogP) is 2.85. The third-order valence-corrected chi connectivity index (χ3v) is 3.19. The summed E-state index contributed by atoms with van der Waals surface area (Å²) < 4.78 is 4.97. The number of nitriles is 1. The molecule has 2 rings (SSSR count). The van der Waals surface area contributed by atoms with Gasteiger partial charge in [-0.05, 0) is 29.8 Å². The number of methoxy groups -OCH3 is 1. The van der Waals surface area contributed by atoms with Crippen LogP contribution >= 0.6 is 0 Å². The van der Waals surface area contributed by atoms with Gasteiger partial charge in [-0.2, -0.15) is 5.26 Å². The van der Waals surface area contributed by atoms with Crippen LogP contribution < -0.4 is 10.1 Å². The van der Waals surface area contributed by atoms with E-state index >= 15 is 0 Å². The van der Waals surface area contributed by atoms with Gasteiger partial charge in [-0.15, -0.1) is 0 Å². The van der Waals surface area contributed by atoms with Crippen LogP contribution in [0.15, 0.2) is 48.0 Å². The van der Waals surface area contributed by atoms with Crippen molar-refractivity contribution in [3.63, 3.8) is 0 Å². The summed E-state index contributed by atoms with van der Waals surface area (Å²) in [6.45, 7) is 0. The Labute approximate surface area is 142 Å². The van der Waals surface area contributed by atoms with Gasteiger partial charge >= 0.3 is 0 Å². The number of benzene rings is 2. The molecule has 0 heterocycles. The van der Waals surface area contributed by atoms with E-state index < -0.39 is 10.8 Å². The summed E-state index contributed by atoms with van der Waals surface area (Å²) in [7, 11) is 1.38. The Hall–Kier alpha value is -3.86. The Bertz CT molecular complexity index is 899. The van der Waals surface area contributed by atoms with E-state index in [1.54, 1.807) is 6.07 Å². The largest absolute Gasteiger partial charge is 0.504 e. The maximum Gasteiger partial charge on any atom is 0.271 e. The van der Waals surface area contributed by atoms with Crippen LogP contribution in [0.25, 0.3) is 6.08 Å². The van der Waals surface area contributed by atoms with Gasteiger partial charge in [0.1, 0.15) is 11.6 Å². The standard InChI is InChI=1S/C17H13N3O5/c1-25-16-8-11(5-6-15(16)21)7-12(10-18)17(22)19-13-3-2-4-14(9-13)20(23)24/h2-9,21H,1H3,(H,19,22)/b12-7-. The van der Waals surface area contributed by atoms with Gasteiger partial charge in [-0.25, -0.2) is 0 Å². The molecule has 0 fully saturated rings. The number of phenols is 1. The van der Waals surface area contributed by atoms with Gasteiger partial charge in [0.05, 0.1) is 12.0 Å². The molecule has 126 valence electrons. The molecule has 25 heavy (non-hydrogen) atoms. The van der Waals surface area contributed by atoms with Crippen molar-refractivity contribution in [2.24, 2.45) is 0 Å². The molecule has 2 N–H and O–H groups in total. The molecular weight excluding hydrogens is 326 g/mol. The molecule has 0 aromatic heterocycles. The first-order valence-electron chi connectivity index (χ1n) is 6.99. The summed E-state index contributed by atoms with van der Waals surface area (Å²) in [6, 6.07) is 11.5. The van der Waals surface area contributed by atoms with Gasteiger partial charge in [0.25, 0.3) is 11.6 Å². The third-order valence-electron chi connectivity index (χ3n) is 3.19. The Morgan fingerprint density at radius 1 is 1.36 bits per heavy atom. The molecule has 0 aliphatic rings. The summed E-state index contributed by atoms with van der Waals surface area (Å²) in [4.78, 5) is 22.4. The maximum atomic E-state index is 12.2. The number of hydrogen-bond acceptors (Lipinski definition) is 6. The van der Waals surface area contributed by atoms with Gasteiger partial charge < -0.3 is 15.2 Å². The van der Waals surface area contributed by atoms with E-state index in [4.69, 9.17) is 4.74 Å². The molecule has 8 nitrogen and oxygen atoms in total. The van der Waals surface area contributed by atoms with Crippen LogP contribution in [-0.2, 0) is 4.79 Å². The number of anilines is 1. The molecule has 0 aliphatic carbocycles. The van der Waals surface area contributed by atoms with Crippen LogP contribution in [-0.4, -0.2) is 23.0 Å². The Balaban J connectivity index is 2.25. The lowest BCUT2D eigenvalue weighted by molar-refractivity contribution is -0.384. The van der Waals surface area contributed by atoms with Crippen molar-refractivity contribution >= 4 is 23.4 Å². The summed E-state index contributed by atoms with van der Waals surface area (Å²) in [5.41, 5.74) is 0.284. The fraction of sp³-hybridized carbons (Fsp3) is 0.0588. The summed E-state index contributed by atoms with van der Waals surface area (Å²) in [5, 5.41) is 31.9. The first kappa shape index (κ1) is 17.5. The summed E-state index contributed by atoms with van der Waals surface area (Å²) >= 11 is 0. The molecule has 0 bridgehead atoms. The molecule has 1 amide bonds. The van der Waals surface area contributed by atoms with Crippen molar-refractivity contribution in [3.05, 3.63) is 63.7 Å². The number of hydrogen-bond donors (Lipinski definition) is 2. The number of carbonyl (C=O) groups is 1. The number of ether oxygens (including phenoxy) is 1. The van der Waals surface area contributed by atoms with Crippen LogP contribution in [0, 0.1) is 21.4 Å². The SMILES string of the molecule is COc1cc(/C=C(/C#N)C(=O)Nc2cccc([N+](=O)[O-])c2)ccc1O. The summed E-state index contributed by atoms with van der Waals surface area (Å²) in [5.74, 6) is -0.584. The van der Waals surface area contributed by atoms with Crippen LogP contribution in [0.2, 0.25) is 0 Å². The lowest BCUT2D eigenvalue weighted by Gasteiger charge is -2.06. The fourth-order valence-corrected chi connectivity index (χ4v) is 1.99. The molecule has 0 aliphatic heterocycles. The minimum atomic E-state index is -0.713. The molecule has 8 heteroatoms. The van der Waals surface area contributed by atoms with E-state index in [9.17, 15) is 25.3 Å². The Kier molecular flexibility index (Phi) is 5.32. The zero-order valence-corrected chi connectivity index (χ0v) is 13.1. The first-order chi connectivity index (χ1) is 11.9. The minimum Gasteiger partial charge on any atom is -0.504 e. The second-order valence-corrected chi connectivity index (χ2v) is 4.86. The number of nitrogens with zero attached hydrogens (tertiary/aromatic N) is 2. The normalized spacial score (nSPS) is 10.6. The van der Waals surface area contributed by atoms with Gasteiger partial charge in [0.2, 0.25) is 0 Å². The molecular formula is C17H13N3O5. The van der Waals surface area contributed by atoms with Crippen molar-refractivity contribution in [2.45, 2.75) is 0 Å². The van der Waals surface area contributed by atoms with E-state index in [2.05, 4.69) is 5.32 Å². The highest BCUT2D eigenvalue weighted by molar-refractivity contribution is 6.09. The monoisotopic (exact) mass is 339 g/mol. The Morgan fingerprint density at radius 2 is 2.12 bits per heavy atom. The predicted molar refractivity (Wildman–Crippen MR) is 90.0 cm³/mol. The molecule has 0 spiro atoms. The first-order valence-corrected chi connectivity index (χ1v) is 6.99. The van der Waals surface area contributed by atoms with Crippen molar-refractivity contribution in [1.82, 2.24) is 0 Å². The average Bonchev–Trinajstić information content (AvgIpc) is 2.61. The third kappa shape index (κ3) is 4.33. The second-order valence-electron chi connectivity index (χ2n) is 4.86. The van der Waals surface area contributed by atoms with Crippen molar-refractivity contribution in [2.75, 3.05) is 12.4 Å². The smallest absolute Gasteiger partial charge is 0.271 e. The van der Waals surface area contributed by atoms with Crippen molar-refractivity contribution in [1.29, 1.82) is 5.26 Å². The average molecular weight is 339 g/mol. The van der Waals surface area contributed by atoms with Crippen LogP contribution in [0.3, 0.4) is 0 Å². The van der Waals surface area contributed by atoms with Crippen molar-refractivity contribution < 1.29 is 19.6 Å². The highest BCUT2D eigenvalue weighted by Crippen LogP contribution is 2.27. The highest BCUT2D eigenvalue weighted by Gasteiger charge is 2.12. The summed E-state index contributed by atoms with van der Waals surface area (Å²) in [6.07, 6.45) is 1.31. The van der Waals surface area contributed by atoms with Crippen LogP contribution in [0.1, 0.15) is 5.56 Å². The molecule has 0 radical (unpaired) electrons. The van der Waals surface area contributed by atoms with Crippen molar-refractivity contribution in [3.8, 4) is 17.6 Å². The van der Waals surface area contributed by atoms with Gasteiger partial charge in [-0.1, -0.05) is 12.1 Å². The number of nitrogens with one attached hydrogen (secondary N) is 1. The number of phenolic OH excluding ortho intramolecular Hbond substituents is 1. The quantitative estimate of drug-likeness (QED) is 0.373. The number of rotatable bonds is 5. The minimum absolute atomic E-state index is 0.0702. The molecule has 0 saturated carbocycles. The molecule has 0 atom stereocenters. The number of carbonyl (C=O) groups excluding carboxylic acids is 1. The fourth-order valence-electron chi connectivity index (χ4n) is 1.99. The zero-order valence-electron chi connectivity index (χ0n) is 13.1. The van der Waals surface area contributed by atoms with E-state index in [1.165, 1.54) is 55.7 Å². The van der Waals surface area contributed by atoms with Gasteiger partial charge in [0.15, 0.2) is 11.5 Å². The van der Waals surface area contributed by atoms with Crippen LogP contribution in [0.4, 0.5) is 11.4 Å². The Morgan fingerprint density at radius 3 is 2.76 bits per heavy atom. The van der Waals surface area contributed by atoms with Crippen LogP contribution in [0.5, 0.6) is 11.5 Å². The molecule has 0 unspecified atom stereocenters. The number of nitro benzene ring substituents is 1. The topological polar surface area (TPSA) is 125 Å².